The molecule has 0 radical (unpaired) electrons. The fourth-order valence-electron chi connectivity index (χ4n) is 4.26. The van der Waals surface area contributed by atoms with Gasteiger partial charge in [0.25, 0.3) is 0 Å². The summed E-state index contributed by atoms with van der Waals surface area (Å²) in [6.07, 6.45) is 4.14. The average molecular weight is 436 g/mol. The molecule has 0 bridgehead atoms. The van der Waals surface area contributed by atoms with Gasteiger partial charge in [0.2, 0.25) is 0 Å². The molecular formula is C23H22ClN5O2. The number of fused-ring (bicyclic) bond motifs is 2. The summed E-state index contributed by atoms with van der Waals surface area (Å²) in [5, 5.41) is 20.1. The maximum Gasteiger partial charge on any atom is 0.178 e. The van der Waals surface area contributed by atoms with Crippen LogP contribution >= 0.6 is 11.6 Å². The minimum absolute atomic E-state index is 0.253. The first-order chi connectivity index (χ1) is 15.2. The Hall–Kier alpha value is -2.90. The highest BCUT2D eigenvalue weighted by atomic mass is 35.5. The van der Waals surface area contributed by atoms with E-state index in [0.29, 0.717) is 29.9 Å². The average Bonchev–Trinajstić information content (AvgIpc) is 3.52. The molecular weight excluding hydrogens is 414 g/mol. The minimum atomic E-state index is 0.253. The van der Waals surface area contributed by atoms with E-state index in [-0.39, 0.29) is 6.04 Å². The van der Waals surface area contributed by atoms with E-state index >= 15 is 0 Å². The van der Waals surface area contributed by atoms with Gasteiger partial charge in [-0.2, -0.15) is 5.10 Å². The summed E-state index contributed by atoms with van der Waals surface area (Å²) in [6, 6.07) is 10.9. The Balaban J connectivity index is 1.46. The van der Waals surface area contributed by atoms with E-state index in [4.69, 9.17) is 20.9 Å². The fraction of sp³-hybridized carbons (Fsp3) is 0.348. The van der Waals surface area contributed by atoms with Gasteiger partial charge in [-0.1, -0.05) is 22.8 Å². The van der Waals surface area contributed by atoms with Gasteiger partial charge >= 0.3 is 0 Å². The molecule has 1 aliphatic heterocycles. The monoisotopic (exact) mass is 435 g/mol. The largest absolute Gasteiger partial charge is 0.377 e. The number of hydrogen-bond acceptors (Lipinski definition) is 7. The molecule has 3 heterocycles. The topological polar surface area (TPSA) is 76.3 Å². The zero-order valence-corrected chi connectivity index (χ0v) is 17.9. The van der Waals surface area contributed by atoms with Crippen LogP contribution in [0, 0.1) is 0 Å². The van der Waals surface area contributed by atoms with E-state index in [1.54, 1.807) is 6.20 Å². The smallest absolute Gasteiger partial charge is 0.178 e. The number of ether oxygens (including phenoxy) is 1. The number of hydrogen-bond donors (Lipinski definition) is 1. The van der Waals surface area contributed by atoms with E-state index in [1.807, 2.05) is 12.1 Å². The number of rotatable bonds is 4. The van der Waals surface area contributed by atoms with E-state index < -0.39 is 0 Å². The highest BCUT2D eigenvalue weighted by Gasteiger charge is 2.25. The van der Waals surface area contributed by atoms with Crippen LogP contribution < -0.4 is 10.2 Å². The quantitative estimate of drug-likeness (QED) is 0.489. The lowest BCUT2D eigenvalue weighted by Gasteiger charge is -2.34. The lowest BCUT2D eigenvalue weighted by Crippen LogP contribution is -2.44. The van der Waals surface area contributed by atoms with Crippen LogP contribution in [0.3, 0.4) is 0 Å². The Morgan fingerprint density at radius 2 is 2.03 bits per heavy atom. The van der Waals surface area contributed by atoms with Gasteiger partial charge in [0, 0.05) is 28.9 Å². The second kappa shape index (κ2) is 7.35. The summed E-state index contributed by atoms with van der Waals surface area (Å²) in [5.41, 5.74) is 2.50. The van der Waals surface area contributed by atoms with E-state index in [0.717, 1.165) is 45.5 Å². The third-order valence-electron chi connectivity index (χ3n) is 6.08. The Labute approximate surface area is 184 Å². The summed E-state index contributed by atoms with van der Waals surface area (Å²) in [6.45, 7) is 4.33. The number of nitrogens with one attached hydrogen (secondary N) is 1. The molecule has 6 rings (SSSR count). The predicted octanol–water partition coefficient (Wildman–Crippen LogP) is 4.89. The van der Waals surface area contributed by atoms with Crippen LogP contribution in [-0.2, 0) is 4.74 Å². The number of benzene rings is 2. The predicted molar refractivity (Wildman–Crippen MR) is 122 cm³/mol. The maximum absolute atomic E-state index is 6.63. The SMILES string of the molecule is C[C@H]1COCCN1c1nncc2cc(-c3c(Cl)ccc4c(NC5CC5)noc34)ccc12. The molecule has 0 spiro atoms. The third-order valence-corrected chi connectivity index (χ3v) is 6.39. The molecule has 1 saturated carbocycles. The maximum atomic E-state index is 6.63. The van der Waals surface area contributed by atoms with Crippen molar-refractivity contribution in [3.05, 3.63) is 41.6 Å². The highest BCUT2D eigenvalue weighted by molar-refractivity contribution is 6.35. The summed E-state index contributed by atoms with van der Waals surface area (Å²) in [4.78, 5) is 2.26. The Morgan fingerprint density at radius 3 is 2.87 bits per heavy atom. The highest BCUT2D eigenvalue weighted by Crippen LogP contribution is 2.40. The minimum Gasteiger partial charge on any atom is -0.377 e. The van der Waals surface area contributed by atoms with Crippen molar-refractivity contribution in [1.29, 1.82) is 0 Å². The third kappa shape index (κ3) is 3.28. The van der Waals surface area contributed by atoms with Crippen LogP contribution in [0.4, 0.5) is 11.6 Å². The van der Waals surface area contributed by atoms with Gasteiger partial charge in [0.1, 0.15) is 0 Å². The zero-order valence-electron chi connectivity index (χ0n) is 17.1. The first kappa shape index (κ1) is 18.8. The standard InChI is InChI=1S/C23H22ClN5O2/c1-13-12-30-9-8-29(13)23-17-5-2-14(10-15(17)11-25-27-23)20-19(24)7-6-18-21(20)31-28-22(18)26-16-3-4-16/h2,5-7,10-11,13,16H,3-4,8-9,12H2,1H3,(H,26,28)/t13-/m0/s1. The van der Waals surface area contributed by atoms with Crippen molar-refractivity contribution in [1.82, 2.24) is 15.4 Å². The van der Waals surface area contributed by atoms with E-state index in [2.05, 4.69) is 50.7 Å². The summed E-state index contributed by atoms with van der Waals surface area (Å²) < 4.78 is 11.3. The lowest BCUT2D eigenvalue weighted by atomic mass is 10.00. The molecule has 0 amide bonds. The number of anilines is 2. The number of morpholine rings is 1. The van der Waals surface area contributed by atoms with E-state index in [1.165, 1.54) is 12.8 Å². The molecule has 2 aromatic carbocycles. The van der Waals surface area contributed by atoms with Gasteiger partial charge in [-0.05, 0) is 49.6 Å². The summed E-state index contributed by atoms with van der Waals surface area (Å²) in [5.74, 6) is 1.67. The lowest BCUT2D eigenvalue weighted by molar-refractivity contribution is 0.0986. The van der Waals surface area contributed by atoms with E-state index in [9.17, 15) is 0 Å². The van der Waals surface area contributed by atoms with Crippen LogP contribution in [0.1, 0.15) is 19.8 Å². The Morgan fingerprint density at radius 1 is 1.16 bits per heavy atom. The molecule has 1 aliphatic carbocycles. The molecule has 0 unspecified atom stereocenters. The van der Waals surface area contributed by atoms with Crippen LogP contribution in [0.2, 0.25) is 5.02 Å². The van der Waals surface area contributed by atoms with Crippen LogP contribution in [-0.4, -0.2) is 47.2 Å². The second-order valence-electron chi connectivity index (χ2n) is 8.34. The van der Waals surface area contributed by atoms with Crippen LogP contribution in [0.15, 0.2) is 41.1 Å². The summed E-state index contributed by atoms with van der Waals surface area (Å²) in [7, 11) is 0. The molecule has 158 valence electrons. The molecule has 7 nitrogen and oxygen atoms in total. The Kier molecular flexibility index (Phi) is 4.47. The fourth-order valence-corrected chi connectivity index (χ4v) is 4.51. The first-order valence-corrected chi connectivity index (χ1v) is 11.0. The van der Waals surface area contributed by atoms with Crippen molar-refractivity contribution < 1.29 is 9.26 Å². The molecule has 1 saturated heterocycles. The summed E-state index contributed by atoms with van der Waals surface area (Å²) >= 11 is 6.63. The van der Waals surface area contributed by atoms with Crippen molar-refractivity contribution in [2.75, 3.05) is 30.0 Å². The van der Waals surface area contributed by atoms with Gasteiger partial charge in [-0.25, -0.2) is 0 Å². The van der Waals surface area contributed by atoms with Gasteiger partial charge in [-0.3, -0.25) is 0 Å². The normalized spacial score (nSPS) is 19.3. The van der Waals surface area contributed by atoms with Crippen molar-refractivity contribution in [3.63, 3.8) is 0 Å². The molecule has 4 aromatic rings. The van der Waals surface area contributed by atoms with Crippen molar-refractivity contribution in [3.8, 4) is 11.1 Å². The van der Waals surface area contributed by atoms with Crippen molar-refractivity contribution >= 4 is 45.0 Å². The van der Waals surface area contributed by atoms with Gasteiger partial charge < -0.3 is 19.5 Å². The molecule has 2 aliphatic rings. The molecule has 1 N–H and O–H groups in total. The molecule has 8 heteroatoms. The molecule has 2 fully saturated rings. The number of aromatic nitrogens is 3. The molecule has 31 heavy (non-hydrogen) atoms. The zero-order chi connectivity index (χ0) is 20.9. The second-order valence-corrected chi connectivity index (χ2v) is 8.74. The van der Waals surface area contributed by atoms with Crippen molar-refractivity contribution in [2.45, 2.75) is 31.8 Å². The van der Waals surface area contributed by atoms with Crippen LogP contribution in [0.25, 0.3) is 32.9 Å². The van der Waals surface area contributed by atoms with Gasteiger partial charge in [0.15, 0.2) is 17.2 Å². The van der Waals surface area contributed by atoms with Crippen molar-refractivity contribution in [2.24, 2.45) is 0 Å². The first-order valence-electron chi connectivity index (χ1n) is 10.6. The van der Waals surface area contributed by atoms with Gasteiger partial charge in [-0.15, -0.1) is 5.10 Å². The van der Waals surface area contributed by atoms with Crippen LogP contribution in [0.5, 0.6) is 0 Å². The Bertz CT molecular complexity index is 1290. The molecule has 2 aromatic heterocycles. The molecule has 1 atom stereocenters. The number of halogens is 1. The van der Waals surface area contributed by atoms with Gasteiger partial charge in [0.05, 0.1) is 35.9 Å². The number of nitrogens with zero attached hydrogens (tertiary/aromatic N) is 4.